The van der Waals surface area contributed by atoms with E-state index in [1.54, 1.807) is 6.20 Å². The molecule has 18 heavy (non-hydrogen) atoms. The molecule has 0 amide bonds. The molecule has 0 atom stereocenters. The van der Waals surface area contributed by atoms with Crippen LogP contribution in [-0.2, 0) is 5.41 Å². The van der Waals surface area contributed by atoms with Gasteiger partial charge in [-0.25, -0.2) is 4.98 Å². The van der Waals surface area contributed by atoms with Gasteiger partial charge in [0.15, 0.2) is 0 Å². The molecule has 2 rings (SSSR count). The van der Waals surface area contributed by atoms with Gasteiger partial charge in [-0.15, -0.1) is 0 Å². The van der Waals surface area contributed by atoms with E-state index in [9.17, 15) is 0 Å². The van der Waals surface area contributed by atoms with Crippen LogP contribution in [0.2, 0.25) is 0 Å². The Morgan fingerprint density at radius 2 is 1.72 bits per heavy atom. The van der Waals surface area contributed by atoms with Crippen molar-refractivity contribution in [1.29, 1.82) is 0 Å². The minimum absolute atomic E-state index is 0.157. The SMILES string of the molecule is CC(C)(C)c1ccc(Oc2ncccc2Br)cc1. The van der Waals surface area contributed by atoms with Crippen LogP contribution in [0.3, 0.4) is 0 Å². The van der Waals surface area contributed by atoms with Gasteiger partial charge in [-0.1, -0.05) is 32.9 Å². The smallest absolute Gasteiger partial charge is 0.233 e. The maximum absolute atomic E-state index is 5.72. The lowest BCUT2D eigenvalue weighted by Gasteiger charge is -2.19. The molecule has 0 aliphatic heterocycles. The number of hydrogen-bond acceptors (Lipinski definition) is 2. The van der Waals surface area contributed by atoms with Crippen molar-refractivity contribution in [3.63, 3.8) is 0 Å². The predicted octanol–water partition coefficient (Wildman–Crippen LogP) is 4.93. The molecule has 1 heterocycles. The Morgan fingerprint density at radius 3 is 2.28 bits per heavy atom. The maximum atomic E-state index is 5.72. The Morgan fingerprint density at radius 1 is 1.06 bits per heavy atom. The van der Waals surface area contributed by atoms with E-state index in [0.29, 0.717) is 5.88 Å². The molecule has 1 aromatic carbocycles. The molecule has 0 saturated heterocycles. The predicted molar refractivity (Wildman–Crippen MR) is 77.2 cm³/mol. The zero-order chi connectivity index (χ0) is 13.2. The van der Waals surface area contributed by atoms with Gasteiger partial charge in [-0.05, 0) is 51.2 Å². The van der Waals surface area contributed by atoms with E-state index in [-0.39, 0.29) is 5.41 Å². The molecule has 0 aliphatic carbocycles. The van der Waals surface area contributed by atoms with Crippen LogP contribution < -0.4 is 4.74 Å². The summed E-state index contributed by atoms with van der Waals surface area (Å²) in [5.74, 6) is 1.38. The minimum Gasteiger partial charge on any atom is -0.438 e. The lowest BCUT2D eigenvalue weighted by molar-refractivity contribution is 0.459. The van der Waals surface area contributed by atoms with Crippen molar-refractivity contribution >= 4 is 15.9 Å². The molecule has 1 aromatic heterocycles. The fourth-order valence-electron chi connectivity index (χ4n) is 1.58. The second-order valence-corrected chi connectivity index (χ2v) is 6.02. The summed E-state index contributed by atoms with van der Waals surface area (Å²) in [4.78, 5) is 4.18. The number of benzene rings is 1. The first-order valence-electron chi connectivity index (χ1n) is 5.86. The normalized spacial score (nSPS) is 11.3. The highest BCUT2D eigenvalue weighted by molar-refractivity contribution is 9.10. The summed E-state index contributed by atoms with van der Waals surface area (Å²) in [6.07, 6.45) is 1.71. The Labute approximate surface area is 116 Å². The highest BCUT2D eigenvalue weighted by Gasteiger charge is 2.13. The summed E-state index contributed by atoms with van der Waals surface area (Å²) in [5, 5.41) is 0. The molecule has 94 valence electrons. The van der Waals surface area contributed by atoms with E-state index in [1.165, 1.54) is 5.56 Å². The second-order valence-electron chi connectivity index (χ2n) is 5.17. The van der Waals surface area contributed by atoms with Gasteiger partial charge < -0.3 is 4.74 Å². The van der Waals surface area contributed by atoms with Gasteiger partial charge in [0.25, 0.3) is 0 Å². The summed E-state index contributed by atoms with van der Waals surface area (Å²) >= 11 is 3.41. The van der Waals surface area contributed by atoms with E-state index >= 15 is 0 Å². The molecule has 2 nitrogen and oxygen atoms in total. The van der Waals surface area contributed by atoms with Crippen molar-refractivity contribution in [1.82, 2.24) is 4.98 Å². The number of ether oxygens (including phenoxy) is 1. The van der Waals surface area contributed by atoms with E-state index in [0.717, 1.165) is 10.2 Å². The molecule has 0 unspecified atom stereocenters. The van der Waals surface area contributed by atoms with Crippen LogP contribution in [0, 0.1) is 0 Å². The monoisotopic (exact) mass is 305 g/mol. The van der Waals surface area contributed by atoms with Gasteiger partial charge in [-0.2, -0.15) is 0 Å². The molecular weight excluding hydrogens is 290 g/mol. The highest BCUT2D eigenvalue weighted by atomic mass is 79.9. The molecule has 0 spiro atoms. The van der Waals surface area contributed by atoms with E-state index in [1.807, 2.05) is 24.3 Å². The molecule has 0 bridgehead atoms. The summed E-state index contributed by atoms with van der Waals surface area (Å²) in [7, 11) is 0. The Balaban J connectivity index is 2.19. The Hall–Kier alpha value is -1.35. The largest absolute Gasteiger partial charge is 0.438 e. The average molecular weight is 306 g/mol. The fraction of sp³-hybridized carbons (Fsp3) is 0.267. The van der Waals surface area contributed by atoms with Gasteiger partial charge >= 0.3 is 0 Å². The van der Waals surface area contributed by atoms with Crippen LogP contribution in [0.4, 0.5) is 0 Å². The molecule has 3 heteroatoms. The minimum atomic E-state index is 0.157. The molecule has 2 aromatic rings. The Kier molecular flexibility index (Phi) is 3.71. The van der Waals surface area contributed by atoms with Crippen LogP contribution in [0.25, 0.3) is 0 Å². The zero-order valence-corrected chi connectivity index (χ0v) is 12.4. The molecule has 0 aliphatic rings. The highest BCUT2D eigenvalue weighted by Crippen LogP contribution is 2.29. The summed E-state index contributed by atoms with van der Waals surface area (Å²) in [5.41, 5.74) is 1.44. The van der Waals surface area contributed by atoms with Crippen molar-refractivity contribution in [3.05, 3.63) is 52.6 Å². The number of halogens is 1. The summed E-state index contributed by atoms with van der Waals surface area (Å²) in [6, 6.07) is 11.9. The fourth-order valence-corrected chi connectivity index (χ4v) is 1.92. The van der Waals surface area contributed by atoms with Crippen molar-refractivity contribution < 1.29 is 4.74 Å². The quantitative estimate of drug-likeness (QED) is 0.784. The van der Waals surface area contributed by atoms with Crippen LogP contribution in [0.5, 0.6) is 11.6 Å². The van der Waals surface area contributed by atoms with E-state index in [4.69, 9.17) is 4.74 Å². The van der Waals surface area contributed by atoms with E-state index < -0.39 is 0 Å². The number of nitrogens with zero attached hydrogens (tertiary/aromatic N) is 1. The summed E-state index contributed by atoms with van der Waals surface area (Å²) in [6.45, 7) is 6.58. The molecule has 0 radical (unpaired) electrons. The molecule has 0 saturated carbocycles. The number of aromatic nitrogens is 1. The lowest BCUT2D eigenvalue weighted by Crippen LogP contribution is -2.10. The number of hydrogen-bond donors (Lipinski definition) is 0. The van der Waals surface area contributed by atoms with Gasteiger partial charge in [0.2, 0.25) is 5.88 Å². The third-order valence-corrected chi connectivity index (χ3v) is 3.26. The van der Waals surface area contributed by atoms with Gasteiger partial charge in [-0.3, -0.25) is 0 Å². The first-order valence-corrected chi connectivity index (χ1v) is 6.65. The van der Waals surface area contributed by atoms with E-state index in [2.05, 4.69) is 53.8 Å². The van der Waals surface area contributed by atoms with Crippen molar-refractivity contribution in [2.75, 3.05) is 0 Å². The van der Waals surface area contributed by atoms with Gasteiger partial charge in [0, 0.05) is 6.20 Å². The zero-order valence-electron chi connectivity index (χ0n) is 10.8. The first-order chi connectivity index (χ1) is 8.47. The first kappa shape index (κ1) is 13.1. The van der Waals surface area contributed by atoms with Crippen LogP contribution in [0.15, 0.2) is 47.1 Å². The third kappa shape index (κ3) is 3.10. The van der Waals surface area contributed by atoms with Crippen molar-refractivity contribution in [3.8, 4) is 11.6 Å². The van der Waals surface area contributed by atoms with Crippen molar-refractivity contribution in [2.45, 2.75) is 26.2 Å². The van der Waals surface area contributed by atoms with Gasteiger partial charge in [0.05, 0.1) is 4.47 Å². The topological polar surface area (TPSA) is 22.1 Å². The van der Waals surface area contributed by atoms with Crippen LogP contribution in [0.1, 0.15) is 26.3 Å². The summed E-state index contributed by atoms with van der Waals surface area (Å²) < 4.78 is 6.57. The molecular formula is C15H16BrNO. The van der Waals surface area contributed by atoms with Crippen LogP contribution in [-0.4, -0.2) is 4.98 Å². The molecule has 0 fully saturated rings. The number of pyridine rings is 1. The Bertz CT molecular complexity index is 529. The average Bonchev–Trinajstić information content (AvgIpc) is 2.32. The van der Waals surface area contributed by atoms with Crippen LogP contribution >= 0.6 is 15.9 Å². The molecule has 0 N–H and O–H groups in total. The number of rotatable bonds is 2. The van der Waals surface area contributed by atoms with Gasteiger partial charge in [0.1, 0.15) is 5.75 Å². The maximum Gasteiger partial charge on any atom is 0.233 e. The third-order valence-electron chi connectivity index (χ3n) is 2.66. The second kappa shape index (κ2) is 5.11. The van der Waals surface area contributed by atoms with Crippen molar-refractivity contribution in [2.24, 2.45) is 0 Å². The standard InChI is InChI=1S/C15H16BrNO/c1-15(2,3)11-6-8-12(9-7-11)18-14-13(16)5-4-10-17-14/h4-10H,1-3H3. The lowest BCUT2D eigenvalue weighted by atomic mass is 9.87.